The van der Waals surface area contributed by atoms with Crippen LogP contribution in [0.15, 0.2) is 18.2 Å². The maximum atomic E-state index is 12.1. The number of carbonyl (C=O) groups excluding carboxylic acids is 2. The van der Waals surface area contributed by atoms with Gasteiger partial charge >= 0.3 is 5.97 Å². The van der Waals surface area contributed by atoms with Crippen molar-refractivity contribution in [2.75, 3.05) is 5.32 Å². The number of carboxylic acids is 1. The quantitative estimate of drug-likeness (QED) is 0.746. The Kier molecular flexibility index (Phi) is 5.95. The molecule has 1 unspecified atom stereocenters. The molecule has 1 fully saturated rings. The number of amides is 2. The van der Waals surface area contributed by atoms with Crippen molar-refractivity contribution in [3.8, 4) is 0 Å². The van der Waals surface area contributed by atoms with E-state index in [-0.39, 0.29) is 35.8 Å². The highest BCUT2D eigenvalue weighted by atomic mass is 16.4. The van der Waals surface area contributed by atoms with Crippen LogP contribution in [0.25, 0.3) is 0 Å². The number of aryl methyl sites for hydroxylation is 1. The van der Waals surface area contributed by atoms with Gasteiger partial charge in [0, 0.05) is 24.1 Å². The minimum absolute atomic E-state index is 0.0249. The molecule has 0 bridgehead atoms. The Balaban J connectivity index is 1.89. The van der Waals surface area contributed by atoms with E-state index in [2.05, 4.69) is 10.6 Å². The summed E-state index contributed by atoms with van der Waals surface area (Å²) in [7, 11) is 0. The minimum atomic E-state index is -1.04. The summed E-state index contributed by atoms with van der Waals surface area (Å²) in [4.78, 5) is 35.2. The summed E-state index contributed by atoms with van der Waals surface area (Å²) in [5, 5.41) is 14.6. The number of hydrogen-bond acceptors (Lipinski definition) is 3. The highest BCUT2D eigenvalue weighted by molar-refractivity contribution is 5.95. The summed E-state index contributed by atoms with van der Waals surface area (Å²) in [6.45, 7) is 3.60. The molecule has 6 heteroatoms. The second-order valence-electron chi connectivity index (χ2n) is 6.48. The van der Waals surface area contributed by atoms with E-state index in [0.29, 0.717) is 5.69 Å². The SMILES string of the molecule is Cc1ccc(C(=O)O)cc1NC(=O)CC(C)NC(=O)C1CCCC1. The lowest BCUT2D eigenvalue weighted by Crippen LogP contribution is -2.38. The van der Waals surface area contributed by atoms with Crippen LogP contribution in [0.2, 0.25) is 0 Å². The molecule has 1 saturated carbocycles. The molecule has 0 saturated heterocycles. The number of benzene rings is 1. The third-order valence-corrected chi connectivity index (χ3v) is 4.36. The Bertz CT molecular complexity index is 636. The summed E-state index contributed by atoms with van der Waals surface area (Å²) < 4.78 is 0. The predicted octanol–water partition coefficient (Wildman–Crippen LogP) is 2.72. The van der Waals surface area contributed by atoms with E-state index in [9.17, 15) is 14.4 Å². The number of rotatable bonds is 6. The first-order valence-corrected chi connectivity index (χ1v) is 8.31. The third kappa shape index (κ3) is 4.81. The fourth-order valence-electron chi connectivity index (χ4n) is 2.97. The molecule has 24 heavy (non-hydrogen) atoms. The first-order chi connectivity index (χ1) is 11.4. The summed E-state index contributed by atoms with van der Waals surface area (Å²) >= 11 is 0. The lowest BCUT2D eigenvalue weighted by Gasteiger charge is -2.17. The first kappa shape index (κ1) is 18.0. The normalized spacial score (nSPS) is 15.8. The van der Waals surface area contributed by atoms with Gasteiger partial charge < -0.3 is 15.7 Å². The molecule has 0 aliphatic heterocycles. The Morgan fingerprint density at radius 3 is 2.54 bits per heavy atom. The van der Waals surface area contributed by atoms with Gasteiger partial charge in [-0.05, 0) is 44.4 Å². The van der Waals surface area contributed by atoms with Crippen molar-refractivity contribution in [3.05, 3.63) is 29.3 Å². The zero-order valence-electron chi connectivity index (χ0n) is 14.1. The molecule has 1 aliphatic rings. The molecule has 1 aliphatic carbocycles. The number of nitrogens with one attached hydrogen (secondary N) is 2. The van der Waals surface area contributed by atoms with E-state index in [1.165, 1.54) is 12.1 Å². The smallest absolute Gasteiger partial charge is 0.335 e. The van der Waals surface area contributed by atoms with Crippen LogP contribution in [0.3, 0.4) is 0 Å². The molecule has 0 aromatic heterocycles. The molecule has 1 atom stereocenters. The molecule has 1 aromatic carbocycles. The van der Waals surface area contributed by atoms with E-state index in [4.69, 9.17) is 5.11 Å². The molecule has 2 amide bonds. The van der Waals surface area contributed by atoms with E-state index in [0.717, 1.165) is 31.2 Å². The van der Waals surface area contributed by atoms with Gasteiger partial charge in [-0.3, -0.25) is 9.59 Å². The van der Waals surface area contributed by atoms with Crippen molar-refractivity contribution >= 4 is 23.5 Å². The van der Waals surface area contributed by atoms with Gasteiger partial charge in [-0.15, -0.1) is 0 Å². The van der Waals surface area contributed by atoms with Crippen LogP contribution in [-0.4, -0.2) is 28.9 Å². The Morgan fingerprint density at radius 2 is 1.92 bits per heavy atom. The van der Waals surface area contributed by atoms with Gasteiger partial charge in [0.25, 0.3) is 0 Å². The predicted molar refractivity (Wildman–Crippen MR) is 90.9 cm³/mol. The van der Waals surface area contributed by atoms with Gasteiger partial charge in [-0.2, -0.15) is 0 Å². The van der Waals surface area contributed by atoms with Crippen LogP contribution in [0.5, 0.6) is 0 Å². The standard InChI is InChI=1S/C18H24N2O4/c1-11-7-8-14(18(23)24)10-15(11)20-16(21)9-12(2)19-17(22)13-5-3-4-6-13/h7-8,10,12-13H,3-6,9H2,1-2H3,(H,19,22)(H,20,21)(H,23,24). The molecule has 3 N–H and O–H groups in total. The number of anilines is 1. The fraction of sp³-hybridized carbons (Fsp3) is 0.500. The monoisotopic (exact) mass is 332 g/mol. The van der Waals surface area contributed by atoms with Crippen molar-refractivity contribution in [2.24, 2.45) is 5.92 Å². The summed E-state index contributed by atoms with van der Waals surface area (Å²) in [6, 6.07) is 4.33. The van der Waals surface area contributed by atoms with E-state index >= 15 is 0 Å². The van der Waals surface area contributed by atoms with Crippen LogP contribution in [-0.2, 0) is 9.59 Å². The molecule has 1 aromatic rings. The summed E-state index contributed by atoms with van der Waals surface area (Å²) in [5.41, 5.74) is 1.39. The average molecular weight is 332 g/mol. The molecule has 130 valence electrons. The van der Waals surface area contributed by atoms with E-state index < -0.39 is 5.97 Å². The summed E-state index contributed by atoms with van der Waals surface area (Å²) in [5.74, 6) is -1.19. The molecule has 6 nitrogen and oxygen atoms in total. The highest BCUT2D eigenvalue weighted by Crippen LogP contribution is 2.25. The highest BCUT2D eigenvalue weighted by Gasteiger charge is 2.24. The van der Waals surface area contributed by atoms with E-state index in [1.807, 2.05) is 0 Å². The van der Waals surface area contributed by atoms with Gasteiger partial charge in [0.1, 0.15) is 0 Å². The topological polar surface area (TPSA) is 95.5 Å². The Hall–Kier alpha value is -2.37. The van der Waals surface area contributed by atoms with Gasteiger partial charge in [0.15, 0.2) is 0 Å². The van der Waals surface area contributed by atoms with Crippen molar-refractivity contribution in [1.29, 1.82) is 0 Å². The van der Waals surface area contributed by atoms with Gasteiger partial charge in [0.2, 0.25) is 11.8 Å². The lowest BCUT2D eigenvalue weighted by atomic mass is 10.1. The molecular weight excluding hydrogens is 308 g/mol. The van der Waals surface area contributed by atoms with Crippen LogP contribution in [0.1, 0.15) is 54.9 Å². The molecule has 0 heterocycles. The first-order valence-electron chi connectivity index (χ1n) is 8.31. The number of hydrogen-bond donors (Lipinski definition) is 3. The minimum Gasteiger partial charge on any atom is -0.478 e. The lowest BCUT2D eigenvalue weighted by molar-refractivity contribution is -0.125. The Morgan fingerprint density at radius 1 is 1.25 bits per heavy atom. The van der Waals surface area contributed by atoms with Gasteiger partial charge in [0.05, 0.1) is 5.56 Å². The fourth-order valence-corrected chi connectivity index (χ4v) is 2.97. The zero-order chi connectivity index (χ0) is 17.7. The average Bonchev–Trinajstić information content (AvgIpc) is 3.03. The molecule has 2 rings (SSSR count). The maximum absolute atomic E-state index is 12.1. The van der Waals surface area contributed by atoms with Crippen LogP contribution in [0, 0.1) is 12.8 Å². The number of carbonyl (C=O) groups is 3. The molecule has 0 radical (unpaired) electrons. The largest absolute Gasteiger partial charge is 0.478 e. The number of carboxylic acid groups (broad SMARTS) is 1. The molecular formula is C18H24N2O4. The van der Waals surface area contributed by atoms with Crippen LogP contribution >= 0.6 is 0 Å². The van der Waals surface area contributed by atoms with E-state index in [1.54, 1.807) is 19.9 Å². The van der Waals surface area contributed by atoms with Crippen LogP contribution in [0.4, 0.5) is 5.69 Å². The Labute approximate surface area is 141 Å². The van der Waals surface area contributed by atoms with Crippen LogP contribution < -0.4 is 10.6 Å². The van der Waals surface area contributed by atoms with Crippen molar-refractivity contribution in [2.45, 2.75) is 52.0 Å². The number of aromatic carboxylic acids is 1. The second-order valence-corrected chi connectivity index (χ2v) is 6.48. The summed E-state index contributed by atoms with van der Waals surface area (Å²) in [6.07, 6.45) is 4.17. The van der Waals surface area contributed by atoms with Crippen molar-refractivity contribution in [1.82, 2.24) is 5.32 Å². The van der Waals surface area contributed by atoms with Gasteiger partial charge in [-0.25, -0.2) is 4.79 Å². The second kappa shape index (κ2) is 7.95. The van der Waals surface area contributed by atoms with Crippen molar-refractivity contribution < 1.29 is 19.5 Å². The maximum Gasteiger partial charge on any atom is 0.335 e. The molecule has 0 spiro atoms. The van der Waals surface area contributed by atoms with Gasteiger partial charge in [-0.1, -0.05) is 18.9 Å². The third-order valence-electron chi connectivity index (χ3n) is 4.36. The zero-order valence-corrected chi connectivity index (χ0v) is 14.1. The van der Waals surface area contributed by atoms with Crippen molar-refractivity contribution in [3.63, 3.8) is 0 Å².